The highest BCUT2D eigenvalue weighted by atomic mass is 35.5. The molecule has 2 atom stereocenters. The summed E-state index contributed by atoms with van der Waals surface area (Å²) in [5.74, 6) is -4.64. The minimum atomic E-state index is -4.87. The van der Waals surface area contributed by atoms with Gasteiger partial charge in [0.1, 0.15) is 22.2 Å². The van der Waals surface area contributed by atoms with Gasteiger partial charge < -0.3 is 16.0 Å². The molecule has 3 rings (SSSR count). The zero-order chi connectivity index (χ0) is 24.0. The molecular formula is C19H15Cl2F5N4O2. The molecule has 6 nitrogen and oxygen atoms in total. The van der Waals surface area contributed by atoms with Gasteiger partial charge in [0, 0.05) is 30.8 Å². The van der Waals surface area contributed by atoms with E-state index in [1.165, 1.54) is 6.92 Å². The van der Waals surface area contributed by atoms with E-state index in [9.17, 15) is 27.2 Å². The fourth-order valence-corrected chi connectivity index (χ4v) is 4.28. The van der Waals surface area contributed by atoms with Crippen LogP contribution in [-0.4, -0.2) is 40.5 Å². The van der Waals surface area contributed by atoms with Crippen LogP contribution in [0.25, 0.3) is 0 Å². The third-order valence-corrected chi connectivity index (χ3v) is 5.94. The minimum Gasteiger partial charge on any atom is -0.352 e. The Labute approximate surface area is 188 Å². The molecule has 0 saturated carbocycles. The number of hydrogen-bond donors (Lipinski definition) is 2. The van der Waals surface area contributed by atoms with Crippen molar-refractivity contribution in [3.63, 3.8) is 0 Å². The first kappa shape index (κ1) is 24.0. The molecule has 1 aromatic heterocycles. The zero-order valence-electron chi connectivity index (χ0n) is 16.2. The third kappa shape index (κ3) is 3.95. The van der Waals surface area contributed by atoms with Crippen molar-refractivity contribution in [3.05, 3.63) is 62.9 Å². The molecule has 13 heteroatoms. The number of alkyl halides is 3. The summed E-state index contributed by atoms with van der Waals surface area (Å²) in [6, 6.07) is 1.61. The van der Waals surface area contributed by atoms with Gasteiger partial charge in [0.25, 0.3) is 0 Å². The van der Waals surface area contributed by atoms with Crippen molar-refractivity contribution in [2.75, 3.05) is 13.1 Å². The molecule has 32 heavy (non-hydrogen) atoms. The molecule has 1 aromatic carbocycles. The van der Waals surface area contributed by atoms with Crippen molar-refractivity contribution in [1.29, 1.82) is 0 Å². The molecule has 172 valence electrons. The normalized spacial score (nSPS) is 20.1. The van der Waals surface area contributed by atoms with Crippen molar-refractivity contribution in [2.45, 2.75) is 24.6 Å². The van der Waals surface area contributed by atoms with Crippen molar-refractivity contribution in [1.82, 2.24) is 15.2 Å². The van der Waals surface area contributed by atoms with Crippen LogP contribution < -0.4 is 11.1 Å². The van der Waals surface area contributed by atoms with Gasteiger partial charge >= 0.3 is 12.2 Å². The average Bonchev–Trinajstić information content (AvgIpc) is 2.69. The zero-order valence-corrected chi connectivity index (χ0v) is 17.7. The predicted molar refractivity (Wildman–Crippen MR) is 105 cm³/mol. The van der Waals surface area contributed by atoms with E-state index < -0.39 is 56.9 Å². The summed E-state index contributed by atoms with van der Waals surface area (Å²) < 4.78 is 68.3. The smallest absolute Gasteiger partial charge is 0.352 e. The quantitative estimate of drug-likeness (QED) is 0.495. The number of pyridine rings is 1. The highest BCUT2D eigenvalue weighted by molar-refractivity contribution is 6.31. The number of urea groups is 1. The second-order valence-electron chi connectivity index (χ2n) is 7.19. The largest absolute Gasteiger partial charge is 0.434 e. The molecule has 3 N–H and O–H groups in total. The molecular weight excluding hydrogens is 482 g/mol. The van der Waals surface area contributed by atoms with E-state index >= 15 is 4.39 Å². The number of amides is 3. The maximum absolute atomic E-state index is 15.1. The van der Waals surface area contributed by atoms with Gasteiger partial charge in [-0.25, -0.2) is 13.6 Å². The monoisotopic (exact) mass is 496 g/mol. The maximum Gasteiger partial charge on any atom is 0.434 e. The lowest BCUT2D eigenvalue weighted by atomic mass is 9.73. The van der Waals surface area contributed by atoms with Gasteiger partial charge in [-0.2, -0.15) is 13.2 Å². The number of benzene rings is 1. The first-order chi connectivity index (χ1) is 14.8. The molecule has 0 aliphatic carbocycles. The number of aromatic nitrogens is 1. The van der Waals surface area contributed by atoms with Gasteiger partial charge in [0.2, 0.25) is 5.91 Å². The van der Waals surface area contributed by atoms with Gasteiger partial charge in [-0.1, -0.05) is 29.3 Å². The van der Waals surface area contributed by atoms with E-state index in [-0.39, 0.29) is 24.2 Å². The molecule has 0 spiro atoms. The summed E-state index contributed by atoms with van der Waals surface area (Å²) in [7, 11) is 0. The molecule has 1 unspecified atom stereocenters. The standard InChI is InChI=1S/C19H15Cl2F5N4O2/c1-18(16(31)28-4-5-30(18)17(27)32)12(9-2-3-11(22)13(21)14(9)23)8-6-10(20)15(29-7-8)19(24,25)26/h2-3,6-7,12H,4-5H2,1H3,(H2,27,32)(H,28,31)/t12-,18?/m0/s1. The first-order valence-electron chi connectivity index (χ1n) is 9.01. The second-order valence-corrected chi connectivity index (χ2v) is 7.97. The third-order valence-electron chi connectivity index (χ3n) is 5.31. The molecule has 1 saturated heterocycles. The van der Waals surface area contributed by atoms with E-state index in [0.29, 0.717) is 0 Å². The molecule has 0 radical (unpaired) electrons. The van der Waals surface area contributed by atoms with Gasteiger partial charge in [-0.15, -0.1) is 0 Å². The van der Waals surface area contributed by atoms with Crippen LogP contribution in [0.2, 0.25) is 10.0 Å². The molecule has 2 aromatic rings. The van der Waals surface area contributed by atoms with Crippen LogP contribution in [0.3, 0.4) is 0 Å². The Hall–Kier alpha value is -2.66. The van der Waals surface area contributed by atoms with Gasteiger partial charge in [-0.3, -0.25) is 9.78 Å². The maximum atomic E-state index is 15.1. The molecule has 3 amide bonds. The van der Waals surface area contributed by atoms with Gasteiger partial charge in [0.15, 0.2) is 5.69 Å². The Balaban J connectivity index is 2.33. The van der Waals surface area contributed by atoms with Crippen LogP contribution in [0.15, 0.2) is 24.4 Å². The number of hydrogen-bond acceptors (Lipinski definition) is 3. The van der Waals surface area contributed by atoms with Crippen LogP contribution in [0.1, 0.15) is 29.7 Å². The fraction of sp³-hybridized carbons (Fsp3) is 0.316. The number of nitrogens with two attached hydrogens (primary N) is 1. The molecule has 1 aliphatic heterocycles. The Bertz CT molecular complexity index is 1100. The summed E-state index contributed by atoms with van der Waals surface area (Å²) >= 11 is 11.5. The van der Waals surface area contributed by atoms with Crippen LogP contribution in [-0.2, 0) is 11.0 Å². The van der Waals surface area contributed by atoms with Gasteiger partial charge in [0.05, 0.1) is 5.02 Å². The lowest BCUT2D eigenvalue weighted by Crippen LogP contribution is -2.68. The van der Waals surface area contributed by atoms with E-state index in [2.05, 4.69) is 10.3 Å². The van der Waals surface area contributed by atoms with Crippen LogP contribution in [0.5, 0.6) is 0 Å². The number of nitrogens with zero attached hydrogens (tertiary/aromatic N) is 2. The Morgan fingerprint density at radius 3 is 2.53 bits per heavy atom. The van der Waals surface area contributed by atoms with Crippen molar-refractivity contribution in [2.24, 2.45) is 5.73 Å². The van der Waals surface area contributed by atoms with E-state index in [0.717, 1.165) is 29.3 Å². The van der Waals surface area contributed by atoms with E-state index in [1.807, 2.05) is 0 Å². The number of rotatable bonds is 3. The topological polar surface area (TPSA) is 88.3 Å². The summed E-state index contributed by atoms with van der Waals surface area (Å²) in [6.45, 7) is 1.20. The summed E-state index contributed by atoms with van der Waals surface area (Å²) in [4.78, 5) is 29.4. The lowest BCUT2D eigenvalue weighted by Gasteiger charge is -2.47. The summed E-state index contributed by atoms with van der Waals surface area (Å²) in [6.07, 6.45) is -4.12. The lowest BCUT2D eigenvalue weighted by molar-refractivity contribution is -0.141. The molecule has 1 fully saturated rings. The number of carbonyl (C=O) groups is 2. The summed E-state index contributed by atoms with van der Waals surface area (Å²) in [5, 5.41) is 0.802. The summed E-state index contributed by atoms with van der Waals surface area (Å²) in [5.41, 5.74) is 1.56. The van der Waals surface area contributed by atoms with Crippen LogP contribution in [0.4, 0.5) is 26.7 Å². The predicted octanol–water partition coefficient (Wildman–Crippen LogP) is 4.09. The van der Waals surface area contributed by atoms with Crippen LogP contribution in [0, 0.1) is 11.6 Å². The molecule has 1 aliphatic rings. The number of primary amides is 1. The van der Waals surface area contributed by atoms with Crippen LogP contribution >= 0.6 is 23.2 Å². The molecule has 0 bridgehead atoms. The van der Waals surface area contributed by atoms with Crippen molar-refractivity contribution < 1.29 is 31.5 Å². The van der Waals surface area contributed by atoms with E-state index in [1.54, 1.807) is 0 Å². The number of nitrogens with one attached hydrogen (secondary N) is 1. The highest BCUT2D eigenvalue weighted by Crippen LogP contribution is 2.44. The highest BCUT2D eigenvalue weighted by Gasteiger charge is 2.52. The Kier molecular flexibility index (Phi) is 6.27. The fourth-order valence-electron chi connectivity index (χ4n) is 3.83. The number of halogens is 7. The number of piperazine rings is 1. The second kappa shape index (κ2) is 8.36. The Morgan fingerprint density at radius 2 is 1.97 bits per heavy atom. The molecule has 2 heterocycles. The van der Waals surface area contributed by atoms with Gasteiger partial charge in [-0.05, 0) is 24.6 Å². The van der Waals surface area contributed by atoms with Crippen molar-refractivity contribution in [3.8, 4) is 0 Å². The first-order valence-corrected chi connectivity index (χ1v) is 9.77. The minimum absolute atomic E-state index is 0.0305. The number of carbonyl (C=O) groups excluding carboxylic acids is 2. The average molecular weight is 497 g/mol. The van der Waals surface area contributed by atoms with E-state index in [4.69, 9.17) is 28.9 Å². The SMILES string of the molecule is CC1([C@@H](c2cnc(C(F)(F)F)c(Cl)c2)c2ccc(F)c(Cl)c2F)C(=O)NCCN1C(N)=O. The Morgan fingerprint density at radius 1 is 1.31 bits per heavy atom. The van der Waals surface area contributed by atoms with Crippen molar-refractivity contribution >= 4 is 35.1 Å².